The van der Waals surface area contributed by atoms with Crippen LogP contribution in [0.1, 0.15) is 51.3 Å². The highest BCUT2D eigenvalue weighted by Crippen LogP contribution is 2.35. The second-order valence-electron chi connectivity index (χ2n) is 7.87. The molecule has 2 fully saturated rings. The van der Waals surface area contributed by atoms with Crippen LogP contribution in [-0.2, 0) is 6.54 Å². The number of nitrogens with zero attached hydrogens (tertiary/aromatic N) is 2. The van der Waals surface area contributed by atoms with Crippen molar-refractivity contribution < 1.29 is 0 Å². The van der Waals surface area contributed by atoms with Crippen molar-refractivity contribution in [2.45, 2.75) is 59.5 Å². The molecule has 0 amide bonds. The minimum atomic E-state index is 0.401. The minimum absolute atomic E-state index is 0.401. The van der Waals surface area contributed by atoms with Gasteiger partial charge in [0.1, 0.15) is 5.82 Å². The number of pyridine rings is 1. The van der Waals surface area contributed by atoms with Gasteiger partial charge in [0.2, 0.25) is 0 Å². The summed E-state index contributed by atoms with van der Waals surface area (Å²) in [5.74, 6) is 1.94. The van der Waals surface area contributed by atoms with Gasteiger partial charge in [0.15, 0.2) is 0 Å². The van der Waals surface area contributed by atoms with Crippen molar-refractivity contribution in [1.29, 1.82) is 0 Å². The second-order valence-corrected chi connectivity index (χ2v) is 7.87. The number of hydrogen-bond acceptors (Lipinski definition) is 3. The van der Waals surface area contributed by atoms with Gasteiger partial charge in [-0.3, -0.25) is 0 Å². The Balaban J connectivity index is 1.64. The maximum Gasteiger partial charge on any atom is 0.128 e. The molecule has 3 rings (SSSR count). The van der Waals surface area contributed by atoms with E-state index in [4.69, 9.17) is 4.98 Å². The van der Waals surface area contributed by atoms with Crippen LogP contribution in [0.25, 0.3) is 0 Å². The number of nitrogens with one attached hydrogen (secondary N) is 1. The zero-order chi connectivity index (χ0) is 15.0. The highest BCUT2D eigenvalue weighted by atomic mass is 15.2. The van der Waals surface area contributed by atoms with Gasteiger partial charge in [0.05, 0.1) is 0 Å². The molecule has 0 radical (unpaired) electrons. The van der Waals surface area contributed by atoms with Gasteiger partial charge in [-0.2, -0.15) is 0 Å². The molecule has 1 aromatic heterocycles. The molecule has 21 heavy (non-hydrogen) atoms. The van der Waals surface area contributed by atoms with Crippen molar-refractivity contribution in [3.8, 4) is 0 Å². The van der Waals surface area contributed by atoms with E-state index in [0.29, 0.717) is 5.41 Å². The smallest absolute Gasteiger partial charge is 0.128 e. The zero-order valence-corrected chi connectivity index (χ0v) is 13.9. The van der Waals surface area contributed by atoms with Crippen LogP contribution in [0.15, 0.2) is 12.1 Å². The van der Waals surface area contributed by atoms with Crippen LogP contribution in [0, 0.1) is 18.3 Å². The number of aryl methyl sites for hydroxylation is 1. The summed E-state index contributed by atoms with van der Waals surface area (Å²) in [5.41, 5.74) is 2.93. The third kappa shape index (κ3) is 3.57. The lowest BCUT2D eigenvalue weighted by Crippen LogP contribution is -2.26. The lowest BCUT2D eigenvalue weighted by molar-refractivity contribution is 0.263. The van der Waals surface area contributed by atoms with E-state index in [1.165, 1.54) is 30.5 Å². The first-order valence-electron chi connectivity index (χ1n) is 8.38. The number of hydrogen-bond donors (Lipinski definition) is 1. The summed E-state index contributed by atoms with van der Waals surface area (Å²) in [5, 5.41) is 3.58. The van der Waals surface area contributed by atoms with E-state index in [1.807, 2.05) is 0 Å². The topological polar surface area (TPSA) is 28.2 Å². The molecule has 0 spiro atoms. The summed E-state index contributed by atoms with van der Waals surface area (Å²) in [6, 6.07) is 5.23. The molecule has 1 aliphatic heterocycles. The van der Waals surface area contributed by atoms with E-state index in [1.54, 1.807) is 0 Å². The zero-order valence-electron chi connectivity index (χ0n) is 13.9. The third-order valence-electron chi connectivity index (χ3n) is 5.08. The average molecular weight is 287 g/mol. The Morgan fingerprint density at radius 2 is 2.00 bits per heavy atom. The van der Waals surface area contributed by atoms with Crippen LogP contribution in [0.2, 0.25) is 0 Å². The first kappa shape index (κ1) is 14.8. The van der Waals surface area contributed by atoms with Crippen LogP contribution in [-0.4, -0.2) is 24.1 Å². The molecule has 1 unspecified atom stereocenters. The molecule has 2 aliphatic rings. The Hall–Kier alpha value is -1.09. The molecule has 1 aromatic rings. The van der Waals surface area contributed by atoms with Crippen LogP contribution in [0.3, 0.4) is 0 Å². The fourth-order valence-corrected chi connectivity index (χ4v) is 3.16. The van der Waals surface area contributed by atoms with Gasteiger partial charge in [-0.1, -0.05) is 26.8 Å². The highest BCUT2D eigenvalue weighted by molar-refractivity contribution is 5.43. The summed E-state index contributed by atoms with van der Waals surface area (Å²) in [6.45, 7) is 12.5. The van der Waals surface area contributed by atoms with Crippen molar-refractivity contribution in [3.05, 3.63) is 23.4 Å². The molecular formula is C18H29N3. The molecule has 3 nitrogen and oxygen atoms in total. The normalized spacial score (nSPS) is 22.9. The van der Waals surface area contributed by atoms with E-state index >= 15 is 0 Å². The van der Waals surface area contributed by atoms with Crippen LogP contribution < -0.4 is 10.2 Å². The van der Waals surface area contributed by atoms with Crippen molar-refractivity contribution in [3.63, 3.8) is 0 Å². The number of aromatic nitrogens is 1. The molecule has 116 valence electrons. The lowest BCUT2D eigenvalue weighted by atomic mass is 9.80. The molecule has 1 N–H and O–H groups in total. The largest absolute Gasteiger partial charge is 0.356 e. The molecular weight excluding hydrogens is 258 g/mol. The summed E-state index contributed by atoms with van der Waals surface area (Å²) in [6.07, 6.45) is 3.97. The average Bonchev–Trinajstić information content (AvgIpc) is 3.09. The van der Waals surface area contributed by atoms with Gasteiger partial charge in [-0.05, 0) is 49.1 Å². The van der Waals surface area contributed by atoms with Crippen LogP contribution in [0.5, 0.6) is 0 Å². The van der Waals surface area contributed by atoms with Gasteiger partial charge in [-0.25, -0.2) is 4.98 Å². The SMILES string of the molecule is Cc1nc(N2CCC(C(C)(C)C)C2)ccc1CNC1CC1. The lowest BCUT2D eigenvalue weighted by Gasteiger charge is -2.27. The molecule has 2 heterocycles. The fraction of sp³-hybridized carbons (Fsp3) is 0.722. The summed E-state index contributed by atoms with van der Waals surface area (Å²) in [7, 11) is 0. The van der Waals surface area contributed by atoms with E-state index < -0.39 is 0 Å². The first-order valence-corrected chi connectivity index (χ1v) is 8.38. The molecule has 3 heteroatoms. The van der Waals surface area contributed by atoms with Gasteiger partial charge in [0.25, 0.3) is 0 Å². The Labute approximate surface area is 129 Å². The Bertz CT molecular complexity index is 500. The molecule has 0 aromatic carbocycles. The molecule has 1 saturated heterocycles. The molecule has 0 bridgehead atoms. The number of anilines is 1. The third-order valence-corrected chi connectivity index (χ3v) is 5.08. The van der Waals surface area contributed by atoms with E-state index in [0.717, 1.165) is 37.4 Å². The predicted molar refractivity (Wildman–Crippen MR) is 88.6 cm³/mol. The van der Waals surface area contributed by atoms with Gasteiger partial charge in [0, 0.05) is 31.4 Å². The quantitative estimate of drug-likeness (QED) is 0.918. The Kier molecular flexibility index (Phi) is 3.96. The maximum atomic E-state index is 4.86. The van der Waals surface area contributed by atoms with Gasteiger partial charge >= 0.3 is 0 Å². The van der Waals surface area contributed by atoms with E-state index in [-0.39, 0.29) is 0 Å². The fourth-order valence-electron chi connectivity index (χ4n) is 3.16. The van der Waals surface area contributed by atoms with Crippen molar-refractivity contribution >= 4 is 5.82 Å². The van der Waals surface area contributed by atoms with Crippen molar-refractivity contribution in [2.24, 2.45) is 11.3 Å². The summed E-state index contributed by atoms with van der Waals surface area (Å²) >= 11 is 0. The molecule has 1 aliphatic carbocycles. The summed E-state index contributed by atoms with van der Waals surface area (Å²) in [4.78, 5) is 7.32. The second kappa shape index (κ2) is 5.60. The molecule has 1 atom stereocenters. The predicted octanol–water partition coefficient (Wildman–Crippen LogP) is 3.51. The maximum absolute atomic E-state index is 4.86. The first-order chi connectivity index (χ1) is 9.93. The van der Waals surface area contributed by atoms with E-state index in [9.17, 15) is 0 Å². The van der Waals surface area contributed by atoms with Crippen LogP contribution in [0.4, 0.5) is 5.82 Å². The molecule has 1 saturated carbocycles. The van der Waals surface area contributed by atoms with Crippen molar-refractivity contribution in [1.82, 2.24) is 10.3 Å². The van der Waals surface area contributed by atoms with Gasteiger partial charge < -0.3 is 10.2 Å². The number of rotatable bonds is 4. The minimum Gasteiger partial charge on any atom is -0.356 e. The van der Waals surface area contributed by atoms with Crippen LogP contribution >= 0.6 is 0 Å². The Morgan fingerprint density at radius 3 is 2.57 bits per heavy atom. The standard InChI is InChI=1S/C18H29N3/c1-13-14(11-19-16-6-7-16)5-8-17(20-13)21-10-9-15(12-21)18(2,3)4/h5,8,15-16,19H,6-7,9-12H2,1-4H3. The van der Waals surface area contributed by atoms with E-state index in [2.05, 4.69) is 50.0 Å². The highest BCUT2D eigenvalue weighted by Gasteiger charge is 2.32. The van der Waals surface area contributed by atoms with Gasteiger partial charge in [-0.15, -0.1) is 0 Å². The summed E-state index contributed by atoms with van der Waals surface area (Å²) < 4.78 is 0. The van der Waals surface area contributed by atoms with Crippen molar-refractivity contribution in [2.75, 3.05) is 18.0 Å². The monoisotopic (exact) mass is 287 g/mol. The Morgan fingerprint density at radius 1 is 1.24 bits per heavy atom.